The van der Waals surface area contributed by atoms with Crippen LogP contribution in [0.25, 0.3) is 0 Å². The summed E-state index contributed by atoms with van der Waals surface area (Å²) in [5.74, 6) is 0. The van der Waals surface area contributed by atoms with Crippen molar-refractivity contribution < 1.29 is 0 Å². The summed E-state index contributed by atoms with van der Waals surface area (Å²) in [7, 11) is 0. The standard InChI is InChI=1S/C11H11NS2/c1-8-9(2)14-12-11(13-8)10-6-4-3-5-7-10/h3-7H,1-2H3. The van der Waals surface area contributed by atoms with Gasteiger partial charge in [-0.2, -0.15) is 0 Å². The van der Waals surface area contributed by atoms with Crippen LogP contribution in [0.1, 0.15) is 19.4 Å². The molecule has 72 valence electrons. The summed E-state index contributed by atoms with van der Waals surface area (Å²) >= 11 is 3.33. The van der Waals surface area contributed by atoms with Gasteiger partial charge in [0.1, 0.15) is 5.04 Å². The minimum absolute atomic E-state index is 1.11. The third kappa shape index (κ3) is 2.04. The molecule has 1 nitrogen and oxygen atoms in total. The number of benzene rings is 1. The summed E-state index contributed by atoms with van der Waals surface area (Å²) in [5, 5.41) is 1.11. The molecule has 1 aromatic carbocycles. The van der Waals surface area contributed by atoms with Crippen LogP contribution >= 0.6 is 23.7 Å². The first-order valence-corrected chi connectivity index (χ1v) is 6.02. The van der Waals surface area contributed by atoms with Crippen LogP contribution in [0.2, 0.25) is 0 Å². The van der Waals surface area contributed by atoms with Crippen LogP contribution in [0.15, 0.2) is 44.5 Å². The maximum atomic E-state index is 4.47. The summed E-state index contributed by atoms with van der Waals surface area (Å²) in [4.78, 5) is 2.65. The van der Waals surface area contributed by atoms with Gasteiger partial charge in [-0.15, -0.1) is 0 Å². The second kappa shape index (κ2) is 4.24. The van der Waals surface area contributed by atoms with Crippen LogP contribution in [-0.2, 0) is 0 Å². The molecule has 14 heavy (non-hydrogen) atoms. The lowest BCUT2D eigenvalue weighted by molar-refractivity contribution is 1.54. The molecule has 0 saturated carbocycles. The lowest BCUT2D eigenvalue weighted by Crippen LogP contribution is -1.97. The van der Waals surface area contributed by atoms with Crippen LogP contribution in [0, 0.1) is 0 Å². The molecular formula is C11H11NS2. The fourth-order valence-electron chi connectivity index (χ4n) is 1.10. The zero-order valence-electron chi connectivity index (χ0n) is 8.15. The smallest absolute Gasteiger partial charge is 0.116 e. The molecule has 0 aliphatic carbocycles. The average Bonchev–Trinajstić information content (AvgIpc) is 2.23. The van der Waals surface area contributed by atoms with Gasteiger partial charge in [0.2, 0.25) is 0 Å². The van der Waals surface area contributed by atoms with Crippen LogP contribution < -0.4 is 0 Å². The van der Waals surface area contributed by atoms with Gasteiger partial charge < -0.3 is 0 Å². The Morgan fingerprint density at radius 3 is 2.36 bits per heavy atom. The molecule has 0 aromatic heterocycles. The lowest BCUT2D eigenvalue weighted by atomic mass is 10.2. The summed E-state index contributed by atoms with van der Waals surface area (Å²) in [6.07, 6.45) is 0. The minimum atomic E-state index is 1.11. The third-order valence-electron chi connectivity index (χ3n) is 2.03. The molecule has 1 aliphatic heterocycles. The maximum absolute atomic E-state index is 4.47. The molecule has 0 amide bonds. The number of thioether (sulfide) groups is 1. The monoisotopic (exact) mass is 221 g/mol. The molecule has 3 heteroatoms. The zero-order chi connectivity index (χ0) is 9.97. The molecule has 0 bridgehead atoms. The molecular weight excluding hydrogens is 210 g/mol. The summed E-state index contributed by atoms with van der Waals surface area (Å²) in [6.45, 7) is 4.25. The highest BCUT2D eigenvalue weighted by atomic mass is 32.2. The fraction of sp³-hybridized carbons (Fsp3) is 0.182. The van der Waals surface area contributed by atoms with E-state index in [0.29, 0.717) is 0 Å². The van der Waals surface area contributed by atoms with Crippen molar-refractivity contribution >= 4 is 28.8 Å². The molecule has 0 N–H and O–H groups in total. The Labute approximate surface area is 92.8 Å². The van der Waals surface area contributed by atoms with Crippen molar-refractivity contribution in [3.63, 3.8) is 0 Å². The molecule has 1 aliphatic rings. The quantitative estimate of drug-likeness (QED) is 0.662. The SMILES string of the molecule is CC1=C(C)SC(c2ccccc2)=NS1. The first kappa shape index (κ1) is 9.87. The molecule has 0 unspecified atom stereocenters. The van der Waals surface area contributed by atoms with E-state index in [1.807, 2.05) is 18.2 Å². The molecule has 0 radical (unpaired) electrons. The molecule has 2 rings (SSSR count). The highest BCUT2D eigenvalue weighted by molar-refractivity contribution is 8.20. The van der Waals surface area contributed by atoms with Gasteiger partial charge in [-0.3, -0.25) is 0 Å². The van der Waals surface area contributed by atoms with Crippen molar-refractivity contribution in [3.8, 4) is 0 Å². The second-order valence-electron chi connectivity index (χ2n) is 3.07. The van der Waals surface area contributed by atoms with E-state index in [0.717, 1.165) is 5.04 Å². The second-order valence-corrected chi connectivity index (χ2v) is 5.25. The van der Waals surface area contributed by atoms with Gasteiger partial charge in [0.05, 0.1) is 0 Å². The molecule has 0 spiro atoms. The van der Waals surface area contributed by atoms with Gasteiger partial charge in [0.15, 0.2) is 0 Å². The fourth-order valence-corrected chi connectivity index (χ4v) is 2.74. The Kier molecular flexibility index (Phi) is 2.99. The molecule has 1 aromatic rings. The Bertz CT molecular complexity index is 393. The Morgan fingerprint density at radius 1 is 1.00 bits per heavy atom. The van der Waals surface area contributed by atoms with Crippen molar-refractivity contribution in [2.75, 3.05) is 0 Å². The van der Waals surface area contributed by atoms with E-state index in [4.69, 9.17) is 0 Å². The van der Waals surface area contributed by atoms with Crippen molar-refractivity contribution in [3.05, 3.63) is 45.7 Å². The van der Waals surface area contributed by atoms with Gasteiger partial charge >= 0.3 is 0 Å². The third-order valence-corrected chi connectivity index (χ3v) is 4.26. The first-order valence-electron chi connectivity index (χ1n) is 4.43. The Balaban J connectivity index is 2.24. The normalized spacial score (nSPS) is 16.9. The number of nitrogens with zero attached hydrogens (tertiary/aromatic N) is 1. The predicted octanol–water partition coefficient (Wildman–Crippen LogP) is 4.08. The van der Waals surface area contributed by atoms with Crippen LogP contribution in [-0.4, -0.2) is 5.04 Å². The minimum Gasteiger partial charge on any atom is -0.204 e. The van der Waals surface area contributed by atoms with Gasteiger partial charge in [0.25, 0.3) is 0 Å². The summed E-state index contributed by atoms with van der Waals surface area (Å²) in [6, 6.07) is 10.3. The molecule has 0 atom stereocenters. The highest BCUT2D eigenvalue weighted by Gasteiger charge is 2.12. The van der Waals surface area contributed by atoms with E-state index in [1.165, 1.54) is 15.4 Å². The van der Waals surface area contributed by atoms with Gasteiger partial charge in [0, 0.05) is 22.4 Å². The van der Waals surface area contributed by atoms with Gasteiger partial charge in [-0.05, 0) is 18.8 Å². The number of hydrogen-bond donors (Lipinski definition) is 0. The number of allylic oxidation sites excluding steroid dienone is 2. The van der Waals surface area contributed by atoms with E-state index in [1.54, 1.807) is 23.7 Å². The van der Waals surface area contributed by atoms with E-state index >= 15 is 0 Å². The van der Waals surface area contributed by atoms with E-state index in [9.17, 15) is 0 Å². The largest absolute Gasteiger partial charge is 0.204 e. The van der Waals surface area contributed by atoms with E-state index in [-0.39, 0.29) is 0 Å². The lowest BCUT2D eigenvalue weighted by Gasteiger charge is -2.13. The average molecular weight is 221 g/mol. The molecule has 1 heterocycles. The van der Waals surface area contributed by atoms with Crippen molar-refractivity contribution in [1.82, 2.24) is 0 Å². The highest BCUT2D eigenvalue weighted by Crippen LogP contribution is 2.36. The number of rotatable bonds is 1. The zero-order valence-corrected chi connectivity index (χ0v) is 9.78. The van der Waals surface area contributed by atoms with Crippen molar-refractivity contribution in [2.24, 2.45) is 4.40 Å². The number of hydrogen-bond acceptors (Lipinski definition) is 3. The Hall–Kier alpha value is -0.670. The first-order chi connectivity index (χ1) is 6.77. The molecule has 0 saturated heterocycles. The van der Waals surface area contributed by atoms with Crippen molar-refractivity contribution in [2.45, 2.75) is 13.8 Å². The van der Waals surface area contributed by atoms with Crippen LogP contribution in [0.5, 0.6) is 0 Å². The molecule has 0 fully saturated rings. The van der Waals surface area contributed by atoms with Gasteiger partial charge in [-0.25, -0.2) is 4.40 Å². The summed E-state index contributed by atoms with van der Waals surface area (Å²) in [5.41, 5.74) is 1.21. The van der Waals surface area contributed by atoms with Gasteiger partial charge in [-0.1, -0.05) is 42.1 Å². The Morgan fingerprint density at radius 2 is 1.71 bits per heavy atom. The van der Waals surface area contributed by atoms with Crippen molar-refractivity contribution in [1.29, 1.82) is 0 Å². The van der Waals surface area contributed by atoms with E-state index in [2.05, 4.69) is 30.4 Å². The van der Waals surface area contributed by atoms with Crippen LogP contribution in [0.4, 0.5) is 0 Å². The maximum Gasteiger partial charge on any atom is 0.116 e. The topological polar surface area (TPSA) is 12.4 Å². The predicted molar refractivity (Wildman–Crippen MR) is 66.5 cm³/mol. The van der Waals surface area contributed by atoms with E-state index < -0.39 is 0 Å². The summed E-state index contributed by atoms with van der Waals surface area (Å²) < 4.78 is 4.47. The van der Waals surface area contributed by atoms with Crippen LogP contribution in [0.3, 0.4) is 0 Å².